The highest BCUT2D eigenvalue weighted by Crippen LogP contribution is 2.29. The Morgan fingerprint density at radius 3 is 3.00 bits per heavy atom. The minimum absolute atomic E-state index is 0.0707. The lowest BCUT2D eigenvalue weighted by Crippen LogP contribution is -2.05. The lowest BCUT2D eigenvalue weighted by molar-refractivity contribution is 0.630. The van der Waals surface area contributed by atoms with Crippen LogP contribution < -0.4 is 11.3 Å². The Balaban J connectivity index is 2.70. The van der Waals surface area contributed by atoms with Crippen LogP contribution in [0.1, 0.15) is 0 Å². The van der Waals surface area contributed by atoms with Crippen LogP contribution in [0.4, 0.5) is 9.52 Å². The molecule has 3 nitrogen and oxygen atoms in total. The second-order valence-electron chi connectivity index (χ2n) is 2.40. The summed E-state index contributed by atoms with van der Waals surface area (Å²) in [5.41, 5.74) is 3.04. The Morgan fingerprint density at radius 1 is 1.54 bits per heavy atom. The third kappa shape index (κ3) is 1.46. The van der Waals surface area contributed by atoms with Gasteiger partial charge in [-0.1, -0.05) is 22.9 Å². The number of nitrogen functional groups attached to an aromatic ring is 1. The minimum atomic E-state index is -0.443. The summed E-state index contributed by atoms with van der Waals surface area (Å²) in [5, 5.41) is 0.609. The van der Waals surface area contributed by atoms with Crippen molar-refractivity contribution in [2.45, 2.75) is 0 Å². The predicted molar refractivity (Wildman–Crippen MR) is 52.4 cm³/mol. The first-order valence-electron chi connectivity index (χ1n) is 3.43. The van der Waals surface area contributed by atoms with Crippen molar-refractivity contribution in [3.8, 4) is 0 Å². The molecule has 1 heterocycles. The summed E-state index contributed by atoms with van der Waals surface area (Å²) >= 11 is 6.85. The van der Waals surface area contributed by atoms with Crippen molar-refractivity contribution in [2.24, 2.45) is 5.84 Å². The minimum Gasteiger partial charge on any atom is -0.300 e. The van der Waals surface area contributed by atoms with Crippen molar-refractivity contribution < 1.29 is 4.39 Å². The predicted octanol–water partition coefficient (Wildman–Crippen LogP) is 2.37. The Hall–Kier alpha value is -0.910. The highest BCUT2D eigenvalue weighted by atomic mass is 35.5. The number of nitrogens with one attached hydrogen (secondary N) is 1. The topological polar surface area (TPSA) is 50.9 Å². The van der Waals surface area contributed by atoms with Crippen LogP contribution in [-0.2, 0) is 0 Å². The summed E-state index contributed by atoms with van der Waals surface area (Å²) < 4.78 is 13.7. The number of nitrogens with zero attached hydrogens (tertiary/aromatic N) is 1. The number of hydrazine groups is 1. The summed E-state index contributed by atoms with van der Waals surface area (Å²) in [7, 11) is 0. The molecule has 1 aromatic heterocycles. The molecule has 0 radical (unpaired) electrons. The number of fused-ring (bicyclic) bond motifs is 1. The van der Waals surface area contributed by atoms with Gasteiger partial charge >= 0.3 is 0 Å². The summed E-state index contributed by atoms with van der Waals surface area (Å²) in [6.07, 6.45) is 0. The van der Waals surface area contributed by atoms with E-state index in [0.29, 0.717) is 10.6 Å². The van der Waals surface area contributed by atoms with E-state index in [9.17, 15) is 4.39 Å². The third-order valence-corrected chi connectivity index (χ3v) is 2.79. The normalized spacial score (nSPS) is 10.7. The van der Waals surface area contributed by atoms with E-state index in [1.807, 2.05) is 0 Å². The Bertz CT molecular complexity index is 417. The van der Waals surface area contributed by atoms with Crippen molar-refractivity contribution in [3.05, 3.63) is 23.0 Å². The fourth-order valence-electron chi connectivity index (χ4n) is 0.985. The number of halogens is 2. The molecule has 0 amide bonds. The van der Waals surface area contributed by atoms with E-state index in [1.165, 1.54) is 23.5 Å². The summed E-state index contributed by atoms with van der Waals surface area (Å²) in [6.45, 7) is 0. The fourth-order valence-corrected chi connectivity index (χ4v) is 1.93. The quantitative estimate of drug-likeness (QED) is 0.570. The number of hydrogen-bond acceptors (Lipinski definition) is 4. The molecule has 0 atom stereocenters. The van der Waals surface area contributed by atoms with Crippen LogP contribution in [0.5, 0.6) is 0 Å². The standard InChI is InChI=1S/C7H5ClFN3S/c8-3-1-5-6(2-4(3)9)13-7(11-5)12-10/h1-2H,10H2,(H,11,12). The SMILES string of the molecule is NNc1nc2cc(Cl)c(F)cc2s1. The van der Waals surface area contributed by atoms with Crippen LogP contribution in [0.25, 0.3) is 10.2 Å². The number of aromatic nitrogens is 1. The van der Waals surface area contributed by atoms with Gasteiger partial charge in [0.2, 0.25) is 0 Å². The zero-order valence-electron chi connectivity index (χ0n) is 6.34. The van der Waals surface area contributed by atoms with Crippen LogP contribution >= 0.6 is 22.9 Å². The number of anilines is 1. The second kappa shape index (κ2) is 3.10. The maximum atomic E-state index is 13.0. The van der Waals surface area contributed by atoms with Crippen LogP contribution in [0.3, 0.4) is 0 Å². The number of hydrogen-bond donors (Lipinski definition) is 2. The van der Waals surface area contributed by atoms with E-state index in [4.69, 9.17) is 17.4 Å². The van der Waals surface area contributed by atoms with Gasteiger partial charge in [-0.3, -0.25) is 5.43 Å². The monoisotopic (exact) mass is 217 g/mol. The summed E-state index contributed by atoms with van der Waals surface area (Å²) in [4.78, 5) is 4.06. The third-order valence-electron chi connectivity index (χ3n) is 1.55. The first-order chi connectivity index (χ1) is 6.20. The van der Waals surface area contributed by atoms with Gasteiger partial charge in [-0.25, -0.2) is 15.2 Å². The summed E-state index contributed by atoms with van der Waals surface area (Å²) in [6, 6.07) is 2.82. The largest absolute Gasteiger partial charge is 0.300 e. The van der Waals surface area contributed by atoms with Gasteiger partial charge in [0.25, 0.3) is 0 Å². The molecule has 0 saturated heterocycles. The molecule has 0 aliphatic heterocycles. The van der Waals surface area contributed by atoms with Crippen LogP contribution in [-0.4, -0.2) is 4.98 Å². The molecule has 0 aliphatic carbocycles. The Labute approximate surface area is 82.3 Å². The number of rotatable bonds is 1. The number of thiazole rings is 1. The molecule has 3 N–H and O–H groups in total. The van der Waals surface area contributed by atoms with Gasteiger partial charge in [0.05, 0.1) is 15.2 Å². The van der Waals surface area contributed by atoms with Crippen molar-refractivity contribution >= 4 is 38.3 Å². The zero-order chi connectivity index (χ0) is 9.42. The van der Waals surface area contributed by atoms with E-state index < -0.39 is 5.82 Å². The molecule has 1 aromatic carbocycles. The molecule has 6 heteroatoms. The highest BCUT2D eigenvalue weighted by molar-refractivity contribution is 7.22. The molecular weight excluding hydrogens is 213 g/mol. The molecule has 0 spiro atoms. The first-order valence-corrected chi connectivity index (χ1v) is 4.62. The lowest BCUT2D eigenvalue weighted by atomic mass is 10.3. The van der Waals surface area contributed by atoms with Gasteiger partial charge in [-0.15, -0.1) is 0 Å². The van der Waals surface area contributed by atoms with Crippen molar-refractivity contribution in [2.75, 3.05) is 5.43 Å². The number of benzene rings is 1. The van der Waals surface area contributed by atoms with Gasteiger partial charge in [0, 0.05) is 0 Å². The molecule has 0 saturated carbocycles. The fraction of sp³-hybridized carbons (Fsp3) is 0. The Kier molecular flexibility index (Phi) is 2.07. The molecular formula is C7H5ClFN3S. The Morgan fingerprint density at radius 2 is 2.31 bits per heavy atom. The van der Waals surface area contributed by atoms with Gasteiger partial charge in [0.1, 0.15) is 5.82 Å². The number of nitrogens with two attached hydrogens (primary N) is 1. The smallest absolute Gasteiger partial charge is 0.198 e. The summed E-state index contributed by atoms with van der Waals surface area (Å²) in [5.74, 6) is 4.72. The molecule has 68 valence electrons. The molecule has 0 aliphatic rings. The molecule has 0 bridgehead atoms. The average molecular weight is 218 g/mol. The zero-order valence-corrected chi connectivity index (χ0v) is 7.92. The van der Waals surface area contributed by atoms with E-state index >= 15 is 0 Å². The maximum absolute atomic E-state index is 13.0. The first kappa shape index (κ1) is 8.68. The van der Waals surface area contributed by atoms with Crippen molar-refractivity contribution in [1.82, 2.24) is 4.98 Å². The van der Waals surface area contributed by atoms with Crippen molar-refractivity contribution in [3.63, 3.8) is 0 Å². The van der Waals surface area contributed by atoms with E-state index in [-0.39, 0.29) is 5.02 Å². The van der Waals surface area contributed by atoms with Gasteiger partial charge in [0.15, 0.2) is 5.13 Å². The maximum Gasteiger partial charge on any atom is 0.198 e. The molecule has 2 rings (SSSR count). The van der Waals surface area contributed by atoms with Crippen LogP contribution in [0.15, 0.2) is 12.1 Å². The molecule has 0 fully saturated rings. The van der Waals surface area contributed by atoms with E-state index in [2.05, 4.69) is 10.4 Å². The van der Waals surface area contributed by atoms with Gasteiger partial charge in [-0.2, -0.15) is 0 Å². The molecule has 0 unspecified atom stereocenters. The van der Waals surface area contributed by atoms with Gasteiger partial charge < -0.3 is 0 Å². The molecule has 13 heavy (non-hydrogen) atoms. The second-order valence-corrected chi connectivity index (χ2v) is 3.84. The van der Waals surface area contributed by atoms with Crippen molar-refractivity contribution in [1.29, 1.82) is 0 Å². The van der Waals surface area contributed by atoms with E-state index in [0.717, 1.165) is 4.70 Å². The van der Waals surface area contributed by atoms with Crippen LogP contribution in [0.2, 0.25) is 5.02 Å². The highest BCUT2D eigenvalue weighted by Gasteiger charge is 2.06. The average Bonchev–Trinajstić information content (AvgIpc) is 2.48. The van der Waals surface area contributed by atoms with Crippen LogP contribution in [0, 0.1) is 5.82 Å². The lowest BCUT2D eigenvalue weighted by Gasteiger charge is -1.91. The molecule has 2 aromatic rings. The van der Waals surface area contributed by atoms with E-state index in [1.54, 1.807) is 0 Å². The van der Waals surface area contributed by atoms with Gasteiger partial charge in [-0.05, 0) is 12.1 Å².